The van der Waals surface area contributed by atoms with E-state index in [1.54, 1.807) is 4.52 Å². The van der Waals surface area contributed by atoms with Crippen molar-refractivity contribution < 1.29 is 9.53 Å². The molecule has 162 valence electrons. The minimum Gasteiger partial charge on any atom is -0.493 e. The Morgan fingerprint density at radius 1 is 1.09 bits per heavy atom. The molecule has 0 radical (unpaired) electrons. The third-order valence-corrected chi connectivity index (χ3v) is 5.12. The predicted molar refractivity (Wildman–Crippen MR) is 128 cm³/mol. The zero-order chi connectivity index (χ0) is 22.5. The summed E-state index contributed by atoms with van der Waals surface area (Å²) in [5, 5.41) is 10.3. The third-order valence-electron chi connectivity index (χ3n) is 4.91. The van der Waals surface area contributed by atoms with Crippen LogP contribution in [0.25, 0.3) is 5.65 Å². The van der Waals surface area contributed by atoms with Gasteiger partial charge in [-0.05, 0) is 43.8 Å². The first-order valence-corrected chi connectivity index (χ1v) is 10.6. The van der Waals surface area contributed by atoms with Crippen molar-refractivity contribution in [2.75, 3.05) is 11.9 Å². The highest BCUT2D eigenvalue weighted by Gasteiger charge is 2.15. The van der Waals surface area contributed by atoms with Gasteiger partial charge in [0.15, 0.2) is 10.8 Å². The van der Waals surface area contributed by atoms with Gasteiger partial charge in [0.05, 0.1) is 23.6 Å². The van der Waals surface area contributed by atoms with Crippen molar-refractivity contribution in [1.29, 1.82) is 0 Å². The van der Waals surface area contributed by atoms with Gasteiger partial charge in [-0.25, -0.2) is 9.50 Å². The lowest BCUT2D eigenvalue weighted by Crippen LogP contribution is -2.34. The van der Waals surface area contributed by atoms with Crippen LogP contribution in [0.15, 0.2) is 66.9 Å². The number of benzene rings is 2. The molecule has 0 bridgehead atoms. The van der Waals surface area contributed by atoms with Crippen LogP contribution in [0.1, 0.15) is 27.3 Å². The lowest BCUT2D eigenvalue weighted by atomic mass is 10.2. The number of hydrogen-bond acceptors (Lipinski definition) is 5. The zero-order valence-corrected chi connectivity index (χ0v) is 18.6. The van der Waals surface area contributed by atoms with Crippen LogP contribution in [0, 0.1) is 13.8 Å². The van der Waals surface area contributed by atoms with Crippen LogP contribution in [0.5, 0.6) is 5.75 Å². The minimum absolute atomic E-state index is 0.188. The Hall–Kier alpha value is -3.78. The average molecular weight is 446 g/mol. The molecule has 7 nitrogen and oxygen atoms in total. The summed E-state index contributed by atoms with van der Waals surface area (Å²) in [6.07, 6.45) is 2.35. The highest BCUT2D eigenvalue weighted by molar-refractivity contribution is 7.80. The lowest BCUT2D eigenvalue weighted by Gasteiger charge is -2.12. The number of nitrogens with one attached hydrogen (secondary N) is 2. The van der Waals surface area contributed by atoms with Crippen molar-refractivity contribution in [2.24, 2.45) is 0 Å². The van der Waals surface area contributed by atoms with E-state index in [4.69, 9.17) is 17.0 Å². The highest BCUT2D eigenvalue weighted by Crippen LogP contribution is 2.18. The van der Waals surface area contributed by atoms with Crippen LogP contribution in [-0.2, 0) is 6.42 Å². The molecule has 2 aromatic carbocycles. The molecule has 0 unspecified atom stereocenters. The van der Waals surface area contributed by atoms with E-state index in [2.05, 4.69) is 32.8 Å². The Bertz CT molecular complexity index is 1270. The molecular weight excluding hydrogens is 422 g/mol. The number of amides is 1. The molecule has 2 heterocycles. The third kappa shape index (κ3) is 5.09. The molecular formula is C24H23N5O2S. The van der Waals surface area contributed by atoms with Gasteiger partial charge in [0.2, 0.25) is 0 Å². The second-order valence-corrected chi connectivity index (χ2v) is 7.74. The maximum absolute atomic E-state index is 12.7. The summed E-state index contributed by atoms with van der Waals surface area (Å²) in [5.74, 6) is 0.373. The lowest BCUT2D eigenvalue weighted by molar-refractivity contribution is 0.0976. The van der Waals surface area contributed by atoms with Gasteiger partial charge in [-0.1, -0.05) is 36.4 Å². The fourth-order valence-corrected chi connectivity index (χ4v) is 3.52. The smallest absolute Gasteiger partial charge is 0.260 e. The largest absolute Gasteiger partial charge is 0.493 e. The Morgan fingerprint density at radius 3 is 2.72 bits per heavy atom. The molecule has 4 aromatic rings. The number of thiocarbonyl (C=S) groups is 1. The Kier molecular flexibility index (Phi) is 6.42. The fourth-order valence-electron chi connectivity index (χ4n) is 3.31. The topological polar surface area (TPSA) is 80.5 Å². The van der Waals surface area contributed by atoms with Gasteiger partial charge in [0, 0.05) is 30.4 Å². The van der Waals surface area contributed by atoms with E-state index in [0.717, 1.165) is 23.6 Å². The summed E-state index contributed by atoms with van der Waals surface area (Å²) in [7, 11) is 0. The number of nitrogens with zero attached hydrogens (tertiary/aromatic N) is 3. The summed E-state index contributed by atoms with van der Waals surface area (Å²) in [4.78, 5) is 17.0. The number of ether oxygens (including phenoxy) is 1. The van der Waals surface area contributed by atoms with Crippen molar-refractivity contribution >= 4 is 34.6 Å². The van der Waals surface area contributed by atoms with E-state index in [0.29, 0.717) is 23.5 Å². The van der Waals surface area contributed by atoms with E-state index < -0.39 is 0 Å². The van der Waals surface area contributed by atoms with Gasteiger partial charge in [0.25, 0.3) is 5.91 Å². The van der Waals surface area contributed by atoms with E-state index in [9.17, 15) is 4.79 Å². The molecule has 2 N–H and O–H groups in total. The second-order valence-electron chi connectivity index (χ2n) is 7.33. The Balaban J connectivity index is 1.35. The molecule has 0 saturated heterocycles. The summed E-state index contributed by atoms with van der Waals surface area (Å²) in [6.45, 7) is 4.27. The molecule has 8 heteroatoms. The number of rotatable bonds is 6. The standard InChI is InChI=1S/C24H23N5O2S/c1-16-13-22-25-15-21(17(2)29(22)28-16)23(30)27-24(32)26-19-9-6-10-20(14-19)31-12-11-18-7-4-3-5-8-18/h3-10,13-15H,11-12H2,1-2H3,(H2,26,27,30,32). The Labute approximate surface area is 191 Å². The van der Waals surface area contributed by atoms with Gasteiger partial charge in [0.1, 0.15) is 5.75 Å². The van der Waals surface area contributed by atoms with Crippen LogP contribution >= 0.6 is 12.2 Å². The molecule has 0 atom stereocenters. The number of fused-ring (bicyclic) bond motifs is 1. The van der Waals surface area contributed by atoms with Crippen molar-refractivity contribution in [3.63, 3.8) is 0 Å². The number of hydrogen-bond donors (Lipinski definition) is 2. The molecule has 2 aromatic heterocycles. The van der Waals surface area contributed by atoms with Gasteiger partial charge >= 0.3 is 0 Å². The normalized spacial score (nSPS) is 10.7. The van der Waals surface area contributed by atoms with Crippen LogP contribution in [0.3, 0.4) is 0 Å². The van der Waals surface area contributed by atoms with Crippen molar-refractivity contribution in [2.45, 2.75) is 20.3 Å². The quantitative estimate of drug-likeness (QED) is 0.435. The van der Waals surface area contributed by atoms with Crippen LogP contribution in [0.2, 0.25) is 0 Å². The molecule has 0 fully saturated rings. The fraction of sp³-hybridized carbons (Fsp3) is 0.167. The number of aryl methyl sites for hydroxylation is 2. The van der Waals surface area contributed by atoms with Gasteiger partial charge in [-0.15, -0.1) is 0 Å². The molecule has 0 aliphatic carbocycles. The number of carbonyl (C=O) groups excluding carboxylic acids is 1. The summed E-state index contributed by atoms with van der Waals surface area (Å²) in [5.41, 5.74) is 4.57. The summed E-state index contributed by atoms with van der Waals surface area (Å²) < 4.78 is 7.50. The highest BCUT2D eigenvalue weighted by atomic mass is 32.1. The average Bonchev–Trinajstić information content (AvgIpc) is 3.16. The maximum Gasteiger partial charge on any atom is 0.260 e. The molecule has 4 rings (SSSR count). The zero-order valence-electron chi connectivity index (χ0n) is 17.8. The molecule has 0 spiro atoms. The van der Waals surface area contributed by atoms with Crippen LogP contribution < -0.4 is 15.4 Å². The number of anilines is 1. The van der Waals surface area contributed by atoms with Crippen LogP contribution in [-0.4, -0.2) is 32.2 Å². The van der Waals surface area contributed by atoms with E-state index in [1.165, 1.54) is 11.8 Å². The molecule has 0 aliphatic rings. The van der Waals surface area contributed by atoms with Crippen molar-refractivity contribution in [3.05, 3.63) is 89.4 Å². The summed E-state index contributed by atoms with van der Waals surface area (Å²) >= 11 is 5.32. The van der Waals surface area contributed by atoms with E-state index >= 15 is 0 Å². The number of carbonyl (C=O) groups is 1. The molecule has 0 aliphatic heterocycles. The van der Waals surface area contributed by atoms with E-state index in [1.807, 2.05) is 62.4 Å². The minimum atomic E-state index is -0.349. The SMILES string of the molecule is Cc1cc2ncc(C(=O)NC(=S)Nc3cccc(OCCc4ccccc4)c3)c(C)n2n1. The van der Waals surface area contributed by atoms with Crippen molar-refractivity contribution in [3.8, 4) is 5.75 Å². The van der Waals surface area contributed by atoms with Crippen molar-refractivity contribution in [1.82, 2.24) is 19.9 Å². The van der Waals surface area contributed by atoms with Gasteiger partial charge < -0.3 is 10.1 Å². The molecule has 0 saturated carbocycles. The second kappa shape index (κ2) is 9.57. The monoisotopic (exact) mass is 445 g/mol. The first-order chi connectivity index (χ1) is 15.5. The van der Waals surface area contributed by atoms with Gasteiger partial charge in [-0.2, -0.15) is 5.10 Å². The molecule has 32 heavy (non-hydrogen) atoms. The number of aromatic nitrogens is 3. The van der Waals surface area contributed by atoms with E-state index in [-0.39, 0.29) is 11.0 Å². The van der Waals surface area contributed by atoms with Gasteiger partial charge in [-0.3, -0.25) is 10.1 Å². The first kappa shape index (κ1) is 21.5. The van der Waals surface area contributed by atoms with Crippen LogP contribution in [0.4, 0.5) is 5.69 Å². The maximum atomic E-state index is 12.7. The Morgan fingerprint density at radius 2 is 1.91 bits per heavy atom. The first-order valence-electron chi connectivity index (χ1n) is 10.2. The molecule has 1 amide bonds. The predicted octanol–water partition coefficient (Wildman–Crippen LogP) is 4.09. The summed E-state index contributed by atoms with van der Waals surface area (Å²) in [6, 6.07) is 19.5.